The maximum absolute atomic E-state index is 12.3. The van der Waals surface area contributed by atoms with Gasteiger partial charge in [0.05, 0.1) is 12.5 Å². The molecule has 0 aliphatic heterocycles. The van der Waals surface area contributed by atoms with Crippen LogP contribution in [0.2, 0.25) is 0 Å². The van der Waals surface area contributed by atoms with Crippen molar-refractivity contribution < 1.29 is 23.9 Å². The molecule has 6 nitrogen and oxygen atoms in total. The number of unbranched alkanes of at least 4 members (excludes halogenated alkanes) is 16. The first-order valence-electron chi connectivity index (χ1n) is 15.0. The molecule has 7 heteroatoms. The van der Waals surface area contributed by atoms with Gasteiger partial charge in [-0.1, -0.05) is 117 Å². The molecule has 37 heavy (non-hydrogen) atoms. The minimum atomic E-state index is -0.920. The molecular weight excluding hydrogens is 486 g/mol. The molecule has 1 radical (unpaired) electrons. The Morgan fingerprint density at radius 2 is 1.08 bits per heavy atom. The molecule has 0 saturated carbocycles. The zero-order chi connectivity index (χ0) is 27.6. The summed E-state index contributed by atoms with van der Waals surface area (Å²) in [5.74, 6) is -0.896. The van der Waals surface area contributed by atoms with Gasteiger partial charge in [0.2, 0.25) is 0 Å². The number of carbonyl (C=O) groups is 3. The monoisotopic (exact) mass is 542 g/mol. The summed E-state index contributed by atoms with van der Waals surface area (Å²) in [6.07, 6.45) is 21.9. The average Bonchev–Trinajstić information content (AvgIpc) is 2.89. The lowest BCUT2D eigenvalue weighted by molar-refractivity contribution is -0.157. The summed E-state index contributed by atoms with van der Waals surface area (Å²) in [6, 6.07) is -0.778. The highest BCUT2D eigenvalue weighted by Crippen LogP contribution is 2.13. The van der Waals surface area contributed by atoms with Crippen LogP contribution in [0.1, 0.15) is 142 Å². The van der Waals surface area contributed by atoms with Crippen LogP contribution in [0, 0.1) is 6.42 Å². The lowest BCUT2D eigenvalue weighted by Crippen LogP contribution is -2.37. The van der Waals surface area contributed by atoms with E-state index in [4.69, 9.17) is 15.2 Å². The number of Topliss-reactive ketones (excluding diaryl/α,β-unsaturated/α-hetero) is 1. The van der Waals surface area contributed by atoms with Gasteiger partial charge in [0, 0.05) is 18.6 Å². The van der Waals surface area contributed by atoms with Gasteiger partial charge in [0.25, 0.3) is 0 Å². The molecule has 2 N–H and O–H groups in total. The fourth-order valence-corrected chi connectivity index (χ4v) is 4.33. The summed E-state index contributed by atoms with van der Waals surface area (Å²) in [7, 11) is 0. The number of hydrogen-bond donors (Lipinski definition) is 2. The van der Waals surface area contributed by atoms with Crippen molar-refractivity contribution in [3.8, 4) is 0 Å². The Balaban J connectivity index is 4.21. The largest absolute Gasteiger partial charge is 0.462 e. The number of rotatable bonds is 27. The van der Waals surface area contributed by atoms with Crippen LogP contribution >= 0.6 is 12.6 Å². The molecule has 0 saturated heterocycles. The Morgan fingerprint density at radius 3 is 1.51 bits per heavy atom. The fourth-order valence-electron chi connectivity index (χ4n) is 4.15. The summed E-state index contributed by atoms with van der Waals surface area (Å²) in [4.78, 5) is 36.7. The number of nitrogens with two attached hydrogens (primary N) is 1. The van der Waals surface area contributed by atoms with Gasteiger partial charge in [-0.2, -0.15) is 12.6 Å². The predicted octanol–water partition coefficient (Wildman–Crippen LogP) is 7.31. The topological polar surface area (TPSA) is 95.7 Å². The highest BCUT2D eigenvalue weighted by atomic mass is 32.1. The maximum Gasteiger partial charge on any atom is 0.306 e. The van der Waals surface area contributed by atoms with E-state index in [1.807, 2.05) is 0 Å². The van der Waals surface area contributed by atoms with E-state index in [1.165, 1.54) is 83.5 Å². The second-order valence-corrected chi connectivity index (χ2v) is 10.6. The second kappa shape index (κ2) is 26.5. The number of ether oxygens (including phenoxy) is 2. The number of ketones is 1. The van der Waals surface area contributed by atoms with Crippen LogP contribution in [0.4, 0.5) is 0 Å². The number of carbonyl (C=O) groups excluding carboxylic acids is 3. The van der Waals surface area contributed by atoms with Crippen molar-refractivity contribution in [3.63, 3.8) is 0 Å². The molecular formula is C30H56NO5S. The predicted molar refractivity (Wildman–Crippen MR) is 156 cm³/mol. The first-order chi connectivity index (χ1) is 17.9. The smallest absolute Gasteiger partial charge is 0.306 e. The Kier molecular flexibility index (Phi) is 25.7. The zero-order valence-electron chi connectivity index (χ0n) is 23.9. The molecule has 0 aromatic carbocycles. The molecule has 0 aromatic heterocycles. The van der Waals surface area contributed by atoms with E-state index in [1.54, 1.807) is 0 Å². The van der Waals surface area contributed by atoms with E-state index in [2.05, 4.69) is 26.5 Å². The minimum Gasteiger partial charge on any atom is -0.462 e. The van der Waals surface area contributed by atoms with E-state index in [0.717, 1.165) is 38.5 Å². The van der Waals surface area contributed by atoms with Gasteiger partial charge in [-0.05, 0) is 12.8 Å². The molecule has 0 spiro atoms. The van der Waals surface area contributed by atoms with Gasteiger partial charge in [0.1, 0.15) is 12.7 Å². The van der Waals surface area contributed by atoms with Crippen LogP contribution < -0.4 is 5.73 Å². The van der Waals surface area contributed by atoms with Crippen molar-refractivity contribution in [1.82, 2.24) is 0 Å². The number of hydrogen-bond acceptors (Lipinski definition) is 7. The van der Waals surface area contributed by atoms with Gasteiger partial charge >= 0.3 is 11.9 Å². The number of esters is 2. The van der Waals surface area contributed by atoms with Crippen LogP contribution in [0.3, 0.4) is 0 Å². The highest BCUT2D eigenvalue weighted by molar-refractivity contribution is 7.80. The van der Waals surface area contributed by atoms with Crippen LogP contribution in [0.5, 0.6) is 0 Å². The summed E-state index contributed by atoms with van der Waals surface area (Å²) < 4.78 is 10.8. The van der Waals surface area contributed by atoms with Crippen LogP contribution in [0.15, 0.2) is 0 Å². The summed E-state index contributed by atoms with van der Waals surface area (Å²) in [5.41, 5.74) is 5.75. The Hall–Kier alpha value is -1.08. The molecule has 0 aliphatic carbocycles. The van der Waals surface area contributed by atoms with Crippen molar-refractivity contribution in [2.24, 2.45) is 5.73 Å². The highest BCUT2D eigenvalue weighted by Gasteiger charge is 2.23. The third-order valence-corrected chi connectivity index (χ3v) is 6.97. The van der Waals surface area contributed by atoms with Gasteiger partial charge in [0.15, 0.2) is 5.78 Å². The van der Waals surface area contributed by atoms with Crippen LogP contribution in [-0.4, -0.2) is 42.2 Å². The standard InChI is InChI=1S/C30H56NO5S/c1-3-5-7-9-11-13-15-17-19-21-29(33)35-24-26(23-28(32)27(31)25-37)36-30(34)22-20-18-16-14-12-10-8-6-4-2/h23,26-27,37H,3-22,24-25,31H2,1-2H3/t26-,27+/m1/s1. The minimum absolute atomic E-state index is 0.162. The average molecular weight is 543 g/mol. The lowest BCUT2D eigenvalue weighted by Gasteiger charge is -2.18. The van der Waals surface area contributed by atoms with Crippen LogP contribution in [-0.2, 0) is 23.9 Å². The number of thiol groups is 1. The Bertz CT molecular complexity index is 572. The van der Waals surface area contributed by atoms with Crippen molar-refractivity contribution in [3.05, 3.63) is 6.42 Å². The van der Waals surface area contributed by atoms with E-state index in [9.17, 15) is 14.4 Å². The van der Waals surface area contributed by atoms with E-state index >= 15 is 0 Å². The van der Waals surface area contributed by atoms with E-state index in [-0.39, 0.29) is 30.1 Å². The summed E-state index contributed by atoms with van der Waals surface area (Å²) in [5, 5.41) is 0. The fraction of sp³-hybridized carbons (Fsp3) is 0.867. The van der Waals surface area contributed by atoms with Gasteiger partial charge in [-0.15, -0.1) is 0 Å². The summed E-state index contributed by atoms with van der Waals surface area (Å²) in [6.45, 7) is 4.27. The summed E-state index contributed by atoms with van der Waals surface area (Å²) >= 11 is 4.05. The molecule has 0 bridgehead atoms. The SMILES string of the molecule is CCCCCCCCCCCC(=O)OC[C@@H]([CH]C(=O)[C@@H](N)CS)OC(=O)CCCCCCCCCCC. The normalized spacial score (nSPS) is 12.8. The van der Waals surface area contributed by atoms with E-state index < -0.39 is 12.1 Å². The van der Waals surface area contributed by atoms with E-state index in [0.29, 0.717) is 12.8 Å². The van der Waals surface area contributed by atoms with Crippen molar-refractivity contribution in [2.45, 2.75) is 154 Å². The van der Waals surface area contributed by atoms with Gasteiger partial charge in [-0.25, -0.2) is 0 Å². The quantitative estimate of drug-likeness (QED) is 0.0642. The zero-order valence-corrected chi connectivity index (χ0v) is 24.7. The maximum atomic E-state index is 12.3. The van der Waals surface area contributed by atoms with Gasteiger partial charge < -0.3 is 15.2 Å². The van der Waals surface area contributed by atoms with Gasteiger partial charge in [-0.3, -0.25) is 14.4 Å². The molecule has 0 heterocycles. The van der Waals surface area contributed by atoms with Crippen LogP contribution in [0.25, 0.3) is 0 Å². The molecule has 217 valence electrons. The molecule has 0 unspecified atom stereocenters. The molecule has 0 fully saturated rings. The second-order valence-electron chi connectivity index (χ2n) is 10.2. The Labute approximate surface area is 233 Å². The first kappa shape index (κ1) is 35.9. The third-order valence-electron chi connectivity index (χ3n) is 6.57. The Morgan fingerprint density at radius 1 is 0.676 bits per heavy atom. The first-order valence-corrected chi connectivity index (χ1v) is 15.7. The lowest BCUT2D eigenvalue weighted by atomic mass is 10.1. The van der Waals surface area contributed by atoms with Crippen molar-refractivity contribution in [2.75, 3.05) is 12.4 Å². The molecule has 0 aliphatic rings. The molecule has 0 rings (SSSR count). The molecule has 0 aromatic rings. The molecule has 0 amide bonds. The van der Waals surface area contributed by atoms with Crippen molar-refractivity contribution >= 4 is 30.4 Å². The molecule has 2 atom stereocenters. The third kappa shape index (κ3) is 23.7. The van der Waals surface area contributed by atoms with Crippen molar-refractivity contribution in [1.29, 1.82) is 0 Å².